The molecular formula is C13H13ClFN. The van der Waals surface area contributed by atoms with Crippen molar-refractivity contribution in [3.05, 3.63) is 33.6 Å². The highest BCUT2D eigenvalue weighted by Gasteiger charge is 2.40. The summed E-state index contributed by atoms with van der Waals surface area (Å²) in [6, 6.07) is 3.81. The Morgan fingerprint density at radius 2 is 2.00 bits per heavy atom. The van der Waals surface area contributed by atoms with Crippen LogP contribution in [-0.2, 0) is 5.41 Å². The molecule has 1 saturated carbocycles. The number of rotatable bonds is 1. The standard InChI is InChI=1S/C13H13ClFN/c1-8-10(13(7-16)4-3-5-13)6-11(15)9(2)12(8)14/h6H,3-5H2,1-2H3. The maximum absolute atomic E-state index is 13.7. The number of hydrogen-bond donors (Lipinski definition) is 0. The Bertz CT molecular complexity index is 484. The van der Waals surface area contributed by atoms with E-state index in [-0.39, 0.29) is 5.82 Å². The molecule has 1 aliphatic carbocycles. The third-order valence-electron chi connectivity index (χ3n) is 3.63. The molecule has 16 heavy (non-hydrogen) atoms. The van der Waals surface area contributed by atoms with Crippen LogP contribution in [0.5, 0.6) is 0 Å². The Kier molecular flexibility index (Phi) is 2.67. The molecule has 0 saturated heterocycles. The predicted molar refractivity (Wildman–Crippen MR) is 62.0 cm³/mol. The van der Waals surface area contributed by atoms with Crippen LogP contribution in [0, 0.1) is 31.0 Å². The van der Waals surface area contributed by atoms with Crippen molar-refractivity contribution >= 4 is 11.6 Å². The molecule has 0 atom stereocenters. The molecular weight excluding hydrogens is 225 g/mol. The minimum atomic E-state index is -0.498. The number of halogens is 2. The molecule has 3 heteroatoms. The van der Waals surface area contributed by atoms with E-state index in [4.69, 9.17) is 11.6 Å². The summed E-state index contributed by atoms with van der Waals surface area (Å²) in [6.45, 7) is 3.52. The van der Waals surface area contributed by atoms with Gasteiger partial charge < -0.3 is 0 Å². The van der Waals surface area contributed by atoms with E-state index < -0.39 is 5.41 Å². The smallest absolute Gasteiger partial charge is 0.127 e. The van der Waals surface area contributed by atoms with Gasteiger partial charge in [-0.05, 0) is 50.3 Å². The third kappa shape index (κ3) is 1.43. The zero-order valence-electron chi connectivity index (χ0n) is 9.40. The summed E-state index contributed by atoms with van der Waals surface area (Å²) >= 11 is 6.08. The SMILES string of the molecule is Cc1c(F)cc(C2(C#N)CCC2)c(C)c1Cl. The molecule has 0 spiro atoms. The molecule has 0 N–H and O–H groups in total. The van der Waals surface area contributed by atoms with Gasteiger partial charge in [-0.2, -0.15) is 5.26 Å². The first kappa shape index (κ1) is 11.4. The first-order valence-electron chi connectivity index (χ1n) is 5.39. The fraction of sp³-hybridized carbons (Fsp3) is 0.462. The summed E-state index contributed by atoms with van der Waals surface area (Å²) in [6.07, 6.45) is 2.65. The Labute approximate surface area is 99.8 Å². The highest BCUT2D eigenvalue weighted by molar-refractivity contribution is 6.32. The van der Waals surface area contributed by atoms with Crippen molar-refractivity contribution in [3.63, 3.8) is 0 Å². The largest absolute Gasteiger partial charge is 0.207 e. The molecule has 2 rings (SSSR count). The second-order valence-corrected chi connectivity index (χ2v) is 4.90. The molecule has 0 aromatic heterocycles. The van der Waals surface area contributed by atoms with Gasteiger partial charge in [-0.25, -0.2) is 4.39 Å². The van der Waals surface area contributed by atoms with Crippen LogP contribution in [0.4, 0.5) is 4.39 Å². The minimum Gasteiger partial charge on any atom is -0.207 e. The van der Waals surface area contributed by atoms with Gasteiger partial charge in [-0.1, -0.05) is 11.6 Å². The van der Waals surface area contributed by atoms with E-state index in [0.717, 1.165) is 30.4 Å². The van der Waals surface area contributed by atoms with Gasteiger partial charge in [0.1, 0.15) is 5.82 Å². The van der Waals surface area contributed by atoms with Gasteiger partial charge in [0, 0.05) is 10.6 Å². The van der Waals surface area contributed by atoms with Crippen LogP contribution in [0.2, 0.25) is 5.02 Å². The highest BCUT2D eigenvalue weighted by atomic mass is 35.5. The number of hydrogen-bond acceptors (Lipinski definition) is 1. The van der Waals surface area contributed by atoms with Crippen molar-refractivity contribution in [1.82, 2.24) is 0 Å². The normalized spacial score (nSPS) is 17.7. The van der Waals surface area contributed by atoms with Gasteiger partial charge in [-0.15, -0.1) is 0 Å². The molecule has 0 amide bonds. The fourth-order valence-electron chi connectivity index (χ4n) is 2.32. The van der Waals surface area contributed by atoms with E-state index >= 15 is 0 Å². The third-order valence-corrected chi connectivity index (χ3v) is 4.20. The zero-order valence-corrected chi connectivity index (χ0v) is 10.2. The van der Waals surface area contributed by atoms with Gasteiger partial charge in [-0.3, -0.25) is 0 Å². The molecule has 1 fully saturated rings. The summed E-state index contributed by atoms with van der Waals surface area (Å²) in [7, 11) is 0. The van der Waals surface area contributed by atoms with Crippen molar-refractivity contribution in [2.45, 2.75) is 38.5 Å². The Hall–Kier alpha value is -1.07. The predicted octanol–water partition coefficient (Wildman–Crippen LogP) is 4.04. The maximum Gasteiger partial charge on any atom is 0.127 e. The average molecular weight is 238 g/mol. The van der Waals surface area contributed by atoms with Crippen molar-refractivity contribution < 1.29 is 4.39 Å². The second-order valence-electron chi connectivity index (χ2n) is 4.52. The summed E-state index contributed by atoms with van der Waals surface area (Å²) < 4.78 is 13.7. The lowest BCUT2D eigenvalue weighted by molar-refractivity contribution is 0.321. The van der Waals surface area contributed by atoms with Crippen molar-refractivity contribution in [2.75, 3.05) is 0 Å². The van der Waals surface area contributed by atoms with Crippen LogP contribution in [0.15, 0.2) is 6.07 Å². The van der Waals surface area contributed by atoms with E-state index in [1.165, 1.54) is 6.07 Å². The van der Waals surface area contributed by atoms with Gasteiger partial charge in [0.05, 0.1) is 11.5 Å². The van der Waals surface area contributed by atoms with E-state index in [1.807, 2.05) is 6.92 Å². The van der Waals surface area contributed by atoms with Crippen LogP contribution >= 0.6 is 11.6 Å². The number of benzene rings is 1. The lowest BCUT2D eigenvalue weighted by Crippen LogP contribution is -2.33. The van der Waals surface area contributed by atoms with E-state index in [9.17, 15) is 9.65 Å². The Morgan fingerprint density at radius 1 is 1.38 bits per heavy atom. The molecule has 1 aromatic rings. The monoisotopic (exact) mass is 237 g/mol. The molecule has 0 heterocycles. The molecule has 0 unspecified atom stereocenters. The fourth-order valence-corrected chi connectivity index (χ4v) is 2.51. The summed E-state index contributed by atoms with van der Waals surface area (Å²) in [5.74, 6) is -0.313. The van der Waals surface area contributed by atoms with Crippen molar-refractivity contribution in [1.29, 1.82) is 5.26 Å². The Balaban J connectivity index is 2.63. The molecule has 84 valence electrons. The van der Waals surface area contributed by atoms with Gasteiger partial charge in [0.2, 0.25) is 0 Å². The summed E-state index contributed by atoms with van der Waals surface area (Å²) in [4.78, 5) is 0. The van der Waals surface area contributed by atoms with Crippen LogP contribution < -0.4 is 0 Å². The molecule has 1 aromatic carbocycles. The average Bonchev–Trinajstić information content (AvgIpc) is 2.21. The summed E-state index contributed by atoms with van der Waals surface area (Å²) in [5, 5.41) is 9.71. The second kappa shape index (κ2) is 3.75. The van der Waals surface area contributed by atoms with Crippen LogP contribution in [0.1, 0.15) is 36.0 Å². The molecule has 0 aliphatic heterocycles. The molecule has 1 aliphatic rings. The topological polar surface area (TPSA) is 23.8 Å². The van der Waals surface area contributed by atoms with Gasteiger partial charge in [0.15, 0.2) is 0 Å². The lowest BCUT2D eigenvalue weighted by atomic mass is 9.64. The van der Waals surface area contributed by atoms with Crippen LogP contribution in [0.25, 0.3) is 0 Å². The highest BCUT2D eigenvalue weighted by Crippen LogP contribution is 2.46. The van der Waals surface area contributed by atoms with E-state index in [1.54, 1.807) is 6.92 Å². The maximum atomic E-state index is 13.7. The molecule has 0 bridgehead atoms. The number of nitriles is 1. The first-order valence-corrected chi connectivity index (χ1v) is 5.76. The molecule has 1 nitrogen and oxygen atoms in total. The summed E-state index contributed by atoms with van der Waals surface area (Å²) in [5.41, 5.74) is 1.59. The van der Waals surface area contributed by atoms with E-state index in [2.05, 4.69) is 6.07 Å². The van der Waals surface area contributed by atoms with Crippen LogP contribution in [-0.4, -0.2) is 0 Å². The van der Waals surface area contributed by atoms with Gasteiger partial charge >= 0.3 is 0 Å². The van der Waals surface area contributed by atoms with Gasteiger partial charge in [0.25, 0.3) is 0 Å². The number of nitrogens with zero attached hydrogens (tertiary/aromatic N) is 1. The Morgan fingerprint density at radius 3 is 2.44 bits per heavy atom. The van der Waals surface area contributed by atoms with E-state index in [0.29, 0.717) is 10.6 Å². The van der Waals surface area contributed by atoms with Crippen LogP contribution in [0.3, 0.4) is 0 Å². The zero-order chi connectivity index (χ0) is 11.9. The first-order chi connectivity index (χ1) is 7.52. The minimum absolute atomic E-state index is 0.313. The van der Waals surface area contributed by atoms with Crippen molar-refractivity contribution in [3.8, 4) is 6.07 Å². The quantitative estimate of drug-likeness (QED) is 0.723. The molecule has 0 radical (unpaired) electrons. The lowest BCUT2D eigenvalue weighted by Gasteiger charge is -2.37. The van der Waals surface area contributed by atoms with Crippen molar-refractivity contribution in [2.24, 2.45) is 0 Å².